The minimum absolute atomic E-state index is 0.0295. The van der Waals surface area contributed by atoms with Crippen molar-refractivity contribution in [3.8, 4) is 0 Å². The number of carbonyl (C=O) groups excluding carboxylic acids is 1. The number of anilines is 1. The summed E-state index contributed by atoms with van der Waals surface area (Å²) in [5.74, 6) is -0.497. The zero-order valence-electron chi connectivity index (χ0n) is 9.18. The lowest BCUT2D eigenvalue weighted by Gasteiger charge is -2.14. The minimum Gasteiger partial charge on any atom is -0.279 e. The summed E-state index contributed by atoms with van der Waals surface area (Å²) >= 11 is 14.7. The molecular weight excluding hydrogens is 383 g/mol. The van der Waals surface area contributed by atoms with Gasteiger partial charge in [0.15, 0.2) is 0 Å². The van der Waals surface area contributed by atoms with Crippen LogP contribution in [-0.2, 0) is 14.8 Å². The van der Waals surface area contributed by atoms with Gasteiger partial charge < -0.3 is 0 Å². The van der Waals surface area contributed by atoms with E-state index in [1.54, 1.807) is 0 Å². The van der Waals surface area contributed by atoms with Crippen LogP contribution in [0.1, 0.15) is 6.42 Å². The maximum absolute atomic E-state index is 11.8. The largest absolute Gasteiger partial charge is 0.279 e. The van der Waals surface area contributed by atoms with Gasteiger partial charge >= 0.3 is 0 Å². The van der Waals surface area contributed by atoms with Crippen LogP contribution in [0.25, 0.3) is 0 Å². The molecular formula is C8H7BrCl2N4O3S. The third kappa shape index (κ3) is 3.00. The molecule has 2 rings (SSSR count). The normalized spacial score (nSPS) is 20.1. The van der Waals surface area contributed by atoms with Crippen LogP contribution in [-0.4, -0.2) is 36.1 Å². The fraction of sp³-hybridized carbons (Fsp3) is 0.375. The van der Waals surface area contributed by atoms with E-state index in [0.717, 1.165) is 4.90 Å². The van der Waals surface area contributed by atoms with E-state index in [0.29, 0.717) is 4.47 Å². The van der Waals surface area contributed by atoms with E-state index >= 15 is 0 Å². The van der Waals surface area contributed by atoms with E-state index in [-0.39, 0.29) is 29.2 Å². The van der Waals surface area contributed by atoms with Gasteiger partial charge in [-0.3, -0.25) is 9.69 Å². The summed E-state index contributed by atoms with van der Waals surface area (Å²) in [6.07, 6.45) is -0.215. The third-order valence-electron chi connectivity index (χ3n) is 2.55. The number of aromatic nitrogens is 2. The van der Waals surface area contributed by atoms with Gasteiger partial charge in [0.05, 0.1) is 4.47 Å². The summed E-state index contributed by atoms with van der Waals surface area (Å²) in [5, 5.41) is 4.10. The highest BCUT2D eigenvalue weighted by Crippen LogP contribution is 2.31. The van der Waals surface area contributed by atoms with E-state index in [1.165, 1.54) is 0 Å². The predicted molar refractivity (Wildman–Crippen MR) is 73.6 cm³/mol. The summed E-state index contributed by atoms with van der Waals surface area (Å²) in [6.45, 7) is -0.119. The maximum atomic E-state index is 11.8. The molecule has 1 aromatic rings. The van der Waals surface area contributed by atoms with Gasteiger partial charge in [-0.15, -0.1) is 0 Å². The second kappa shape index (κ2) is 5.13. The quantitative estimate of drug-likeness (QED) is 0.757. The first-order chi connectivity index (χ1) is 8.70. The Balaban J connectivity index is 2.36. The molecule has 2 N–H and O–H groups in total. The summed E-state index contributed by atoms with van der Waals surface area (Å²) in [5.41, 5.74) is 0. The highest BCUT2D eigenvalue weighted by molar-refractivity contribution is 9.10. The number of primary sulfonamides is 1. The van der Waals surface area contributed by atoms with Gasteiger partial charge in [0.25, 0.3) is 0 Å². The molecule has 1 saturated heterocycles. The first kappa shape index (κ1) is 14.9. The fourth-order valence-corrected chi connectivity index (χ4v) is 2.88. The topological polar surface area (TPSA) is 106 Å². The van der Waals surface area contributed by atoms with Crippen molar-refractivity contribution in [3.63, 3.8) is 0 Å². The number of hydrogen-bond acceptors (Lipinski definition) is 5. The smallest absolute Gasteiger partial charge is 0.235 e. The van der Waals surface area contributed by atoms with E-state index in [9.17, 15) is 13.2 Å². The van der Waals surface area contributed by atoms with Gasteiger partial charge in [-0.25, -0.2) is 13.6 Å². The number of rotatable bonds is 2. The van der Waals surface area contributed by atoms with Crippen LogP contribution in [0.4, 0.5) is 5.95 Å². The van der Waals surface area contributed by atoms with Crippen LogP contribution in [0.2, 0.25) is 10.3 Å². The van der Waals surface area contributed by atoms with Crippen molar-refractivity contribution in [3.05, 3.63) is 14.8 Å². The van der Waals surface area contributed by atoms with Gasteiger partial charge in [0.2, 0.25) is 21.9 Å². The molecule has 1 atom stereocenters. The van der Waals surface area contributed by atoms with Crippen molar-refractivity contribution in [1.82, 2.24) is 9.97 Å². The molecule has 0 aliphatic carbocycles. The predicted octanol–water partition coefficient (Wildman–Crippen LogP) is 0.940. The minimum atomic E-state index is -3.80. The highest BCUT2D eigenvalue weighted by Gasteiger charge is 2.38. The molecule has 2 heterocycles. The fourth-order valence-electron chi connectivity index (χ4n) is 1.59. The molecule has 1 amide bonds. The van der Waals surface area contributed by atoms with Gasteiger partial charge in [-0.05, 0) is 15.9 Å². The van der Waals surface area contributed by atoms with Gasteiger partial charge in [-0.1, -0.05) is 23.2 Å². The number of nitrogens with zero attached hydrogens (tertiary/aromatic N) is 3. The lowest BCUT2D eigenvalue weighted by atomic mass is 10.4. The van der Waals surface area contributed by atoms with Crippen molar-refractivity contribution in [2.45, 2.75) is 11.7 Å². The zero-order valence-corrected chi connectivity index (χ0v) is 13.1. The van der Waals surface area contributed by atoms with Crippen LogP contribution < -0.4 is 10.0 Å². The van der Waals surface area contributed by atoms with Crippen LogP contribution in [0.15, 0.2) is 4.47 Å². The molecule has 0 bridgehead atoms. The number of hydrogen-bond donors (Lipinski definition) is 1. The Hall–Kier alpha value is -0.480. The number of halogens is 3. The van der Waals surface area contributed by atoms with Crippen LogP contribution in [0.3, 0.4) is 0 Å². The van der Waals surface area contributed by atoms with Gasteiger partial charge in [0, 0.05) is 13.0 Å². The average Bonchev–Trinajstić information content (AvgIpc) is 2.67. The molecule has 1 aliphatic rings. The van der Waals surface area contributed by atoms with Crippen molar-refractivity contribution in [2.24, 2.45) is 5.14 Å². The molecule has 19 heavy (non-hydrogen) atoms. The van der Waals surface area contributed by atoms with E-state index in [1.807, 2.05) is 0 Å². The Bertz CT molecular complexity index is 630. The number of amides is 1. The van der Waals surface area contributed by atoms with Crippen LogP contribution in [0, 0.1) is 0 Å². The zero-order chi connectivity index (χ0) is 14.4. The lowest BCUT2D eigenvalue weighted by molar-refractivity contribution is -0.117. The number of nitrogens with two attached hydrogens (primary N) is 1. The summed E-state index contributed by atoms with van der Waals surface area (Å²) in [7, 11) is -3.80. The summed E-state index contributed by atoms with van der Waals surface area (Å²) in [6, 6.07) is 0. The molecule has 1 fully saturated rings. The van der Waals surface area contributed by atoms with Crippen LogP contribution in [0.5, 0.6) is 0 Å². The molecule has 0 saturated carbocycles. The Morgan fingerprint density at radius 3 is 2.26 bits per heavy atom. The van der Waals surface area contributed by atoms with Crippen LogP contribution >= 0.6 is 39.1 Å². The van der Waals surface area contributed by atoms with Crippen molar-refractivity contribution in [2.75, 3.05) is 11.4 Å². The Labute approximate surface area is 127 Å². The molecule has 7 nitrogen and oxygen atoms in total. The molecule has 1 unspecified atom stereocenters. The number of carbonyl (C=O) groups is 1. The molecule has 0 radical (unpaired) electrons. The van der Waals surface area contributed by atoms with Gasteiger partial charge in [0.1, 0.15) is 15.6 Å². The maximum Gasteiger partial charge on any atom is 0.235 e. The molecule has 0 aromatic carbocycles. The lowest BCUT2D eigenvalue weighted by Crippen LogP contribution is -2.32. The average molecular weight is 390 g/mol. The monoisotopic (exact) mass is 388 g/mol. The molecule has 1 aliphatic heterocycles. The van der Waals surface area contributed by atoms with Crippen molar-refractivity contribution < 1.29 is 13.2 Å². The first-order valence-corrected chi connectivity index (χ1v) is 8.06. The number of sulfonamides is 1. The van der Waals surface area contributed by atoms with Crippen molar-refractivity contribution >= 4 is 61.0 Å². The van der Waals surface area contributed by atoms with E-state index in [2.05, 4.69) is 25.9 Å². The second-order valence-corrected chi connectivity index (χ2v) is 7.19. The SMILES string of the molecule is NS(=O)(=O)C1CC(=O)N(c2nc(Cl)c(Br)c(Cl)n2)C1. The molecule has 104 valence electrons. The Morgan fingerprint density at radius 1 is 1.32 bits per heavy atom. The first-order valence-electron chi connectivity index (χ1n) is 4.90. The second-order valence-electron chi connectivity index (χ2n) is 3.84. The van der Waals surface area contributed by atoms with Gasteiger partial charge in [-0.2, -0.15) is 9.97 Å². The summed E-state index contributed by atoms with van der Waals surface area (Å²) < 4.78 is 22.8. The van der Waals surface area contributed by atoms with E-state index in [4.69, 9.17) is 28.3 Å². The highest BCUT2D eigenvalue weighted by atomic mass is 79.9. The molecule has 11 heteroatoms. The molecule has 0 spiro atoms. The van der Waals surface area contributed by atoms with Crippen molar-refractivity contribution in [1.29, 1.82) is 0 Å². The van der Waals surface area contributed by atoms with E-state index < -0.39 is 21.2 Å². The Morgan fingerprint density at radius 2 is 1.84 bits per heavy atom. The molecule has 1 aromatic heterocycles. The summed E-state index contributed by atoms with van der Waals surface area (Å²) in [4.78, 5) is 20.6. The Kier molecular flexibility index (Phi) is 4.03. The third-order valence-corrected chi connectivity index (χ3v) is 5.55. The standard InChI is InChI=1S/C8H7BrCl2N4O3S/c9-5-6(10)13-8(14-7(5)11)15-2-3(1-4(15)16)19(12,17)18/h3H,1-2H2,(H2,12,17,18).